The zero-order valence-corrected chi connectivity index (χ0v) is 19.7. The van der Waals surface area contributed by atoms with Crippen molar-refractivity contribution in [1.29, 1.82) is 0 Å². The molecule has 7 rings (SSSR count). The van der Waals surface area contributed by atoms with Crippen LogP contribution in [-0.2, 0) is 20.0 Å². The molecule has 0 aliphatic heterocycles. The maximum atomic E-state index is 12.8. The minimum Gasteiger partial charge on any atom is -0.454 e. The Morgan fingerprint density at radius 2 is 1.81 bits per heavy atom. The van der Waals surface area contributed by atoms with Gasteiger partial charge in [-0.3, -0.25) is 4.79 Å². The number of hydrogen-bond donors (Lipinski definition) is 1. The summed E-state index contributed by atoms with van der Waals surface area (Å²) < 4.78 is 28.9. The summed E-state index contributed by atoms with van der Waals surface area (Å²) in [5, 5.41) is 7.01. The summed E-state index contributed by atoms with van der Waals surface area (Å²) in [7, 11) is -3.27. The van der Waals surface area contributed by atoms with Crippen LogP contribution >= 0.6 is 22.9 Å². The first-order valence-corrected chi connectivity index (χ1v) is 13.6. The highest BCUT2D eigenvalue weighted by molar-refractivity contribution is 7.91. The van der Waals surface area contributed by atoms with Crippen molar-refractivity contribution >= 4 is 38.7 Å². The molecule has 0 radical (unpaired) electrons. The molecule has 1 N–H and O–H groups in total. The molecule has 0 unspecified atom stereocenters. The number of thiazole rings is 1. The molecule has 4 aliphatic rings. The third-order valence-corrected chi connectivity index (χ3v) is 10.6. The van der Waals surface area contributed by atoms with E-state index in [2.05, 4.69) is 10.7 Å². The predicted molar refractivity (Wildman–Crippen MR) is 123 cm³/mol. The summed E-state index contributed by atoms with van der Waals surface area (Å²) >= 11 is 7.64. The Morgan fingerprint density at radius 1 is 1.12 bits per heavy atom. The van der Waals surface area contributed by atoms with Crippen LogP contribution in [0.5, 0.6) is 0 Å². The van der Waals surface area contributed by atoms with E-state index in [1.165, 1.54) is 6.26 Å². The van der Waals surface area contributed by atoms with E-state index in [0.717, 1.165) is 35.5 Å². The highest BCUT2D eigenvalue weighted by Gasteiger charge is 2.70. The van der Waals surface area contributed by atoms with Gasteiger partial charge in [0.2, 0.25) is 0 Å². The highest BCUT2D eigenvalue weighted by atomic mass is 35.5. The molecule has 4 saturated carbocycles. The van der Waals surface area contributed by atoms with E-state index in [1.807, 2.05) is 24.3 Å². The van der Waals surface area contributed by atoms with Gasteiger partial charge in [0.1, 0.15) is 10.5 Å². The number of sulfone groups is 1. The smallest absolute Gasteiger partial charge is 0.287 e. The Kier molecular flexibility index (Phi) is 4.13. The van der Waals surface area contributed by atoms with Crippen LogP contribution in [0.2, 0.25) is 5.02 Å². The monoisotopic (exact) mass is 488 g/mol. The van der Waals surface area contributed by atoms with Gasteiger partial charge in [0.25, 0.3) is 5.91 Å². The van der Waals surface area contributed by atoms with Gasteiger partial charge in [-0.05, 0) is 56.4 Å². The zero-order chi connectivity index (χ0) is 22.4. The average Bonchev–Trinajstić information content (AvgIpc) is 3.14. The molecule has 6 nitrogen and oxygen atoms in total. The number of carbonyl (C=O) groups is 1. The van der Waals surface area contributed by atoms with Crippen LogP contribution in [0.1, 0.15) is 53.4 Å². The second-order valence-corrected chi connectivity index (χ2v) is 13.1. The summed E-state index contributed by atoms with van der Waals surface area (Å²) in [5.41, 5.74) is 1.82. The minimum absolute atomic E-state index is 0.0469. The Labute approximate surface area is 194 Å². The molecule has 3 aromatic rings. The Morgan fingerprint density at radius 3 is 2.44 bits per heavy atom. The number of furan rings is 1. The second-order valence-electron chi connectivity index (χ2n) is 9.52. The standard InChI is InChI=1S/C23H21ClN2O4S2/c1-32(28,29)23(8-9-23)18-7-6-17(30-18)19(27)26-22-11-21(12-22,13-22)20-25-16(10-31-20)14-2-4-15(24)5-3-14/h2-7,10H,8-9,11-13H2,1H3,(H,26,27). The van der Waals surface area contributed by atoms with Gasteiger partial charge >= 0.3 is 0 Å². The van der Waals surface area contributed by atoms with E-state index in [-0.39, 0.29) is 22.6 Å². The van der Waals surface area contributed by atoms with Crippen LogP contribution in [0.3, 0.4) is 0 Å². The molecule has 9 heteroatoms. The molecule has 1 aromatic carbocycles. The molecule has 2 aromatic heterocycles. The molecular weight excluding hydrogens is 468 g/mol. The van der Waals surface area contributed by atoms with E-state index < -0.39 is 14.6 Å². The van der Waals surface area contributed by atoms with Crippen molar-refractivity contribution in [1.82, 2.24) is 10.3 Å². The largest absolute Gasteiger partial charge is 0.454 e. The number of rotatable bonds is 6. The second kappa shape index (κ2) is 6.46. The average molecular weight is 489 g/mol. The zero-order valence-electron chi connectivity index (χ0n) is 17.4. The van der Waals surface area contributed by atoms with E-state index in [4.69, 9.17) is 21.0 Å². The quantitative estimate of drug-likeness (QED) is 0.543. The van der Waals surface area contributed by atoms with Crippen molar-refractivity contribution < 1.29 is 17.6 Å². The fourth-order valence-electron chi connectivity index (χ4n) is 5.34. The van der Waals surface area contributed by atoms with E-state index in [9.17, 15) is 13.2 Å². The summed E-state index contributed by atoms with van der Waals surface area (Å²) in [6.07, 6.45) is 4.89. The number of carbonyl (C=O) groups excluding carboxylic acids is 1. The molecule has 2 heterocycles. The molecule has 0 saturated heterocycles. The Hall–Kier alpha value is -2.16. The number of nitrogens with one attached hydrogen (secondary N) is 1. The maximum Gasteiger partial charge on any atom is 0.287 e. The maximum absolute atomic E-state index is 12.8. The lowest BCUT2D eigenvalue weighted by Crippen LogP contribution is -2.76. The first-order valence-electron chi connectivity index (χ1n) is 10.5. The summed E-state index contributed by atoms with van der Waals surface area (Å²) in [5.74, 6) is 0.263. The van der Waals surface area contributed by atoms with Crippen LogP contribution in [0.4, 0.5) is 0 Å². The van der Waals surface area contributed by atoms with Crippen LogP contribution < -0.4 is 5.32 Å². The van der Waals surface area contributed by atoms with Gasteiger partial charge in [0, 0.05) is 33.2 Å². The topological polar surface area (TPSA) is 89.3 Å². The predicted octanol–water partition coefficient (Wildman–Crippen LogP) is 4.69. The van der Waals surface area contributed by atoms with Crippen molar-refractivity contribution in [2.45, 2.75) is 47.8 Å². The summed E-state index contributed by atoms with van der Waals surface area (Å²) in [6.45, 7) is 0. The van der Waals surface area contributed by atoms with Crippen molar-refractivity contribution in [3.8, 4) is 11.3 Å². The fourth-order valence-corrected chi connectivity index (χ4v) is 7.81. The van der Waals surface area contributed by atoms with Crippen molar-refractivity contribution in [3.05, 3.63) is 63.3 Å². The van der Waals surface area contributed by atoms with Gasteiger partial charge in [-0.1, -0.05) is 23.7 Å². The molecule has 32 heavy (non-hydrogen) atoms. The van der Waals surface area contributed by atoms with Gasteiger partial charge < -0.3 is 9.73 Å². The van der Waals surface area contributed by atoms with E-state index >= 15 is 0 Å². The lowest BCUT2D eigenvalue weighted by Gasteiger charge is -2.69. The third kappa shape index (κ3) is 2.92. The van der Waals surface area contributed by atoms with Crippen molar-refractivity contribution in [2.24, 2.45) is 0 Å². The van der Waals surface area contributed by atoms with E-state index in [0.29, 0.717) is 23.6 Å². The van der Waals surface area contributed by atoms with Gasteiger partial charge in [0.15, 0.2) is 15.6 Å². The lowest BCUT2D eigenvalue weighted by atomic mass is 9.39. The minimum atomic E-state index is -3.27. The van der Waals surface area contributed by atoms with Crippen LogP contribution in [-0.4, -0.2) is 31.1 Å². The van der Waals surface area contributed by atoms with Gasteiger partial charge in [-0.2, -0.15) is 0 Å². The van der Waals surface area contributed by atoms with Gasteiger partial charge in [-0.15, -0.1) is 11.3 Å². The first-order chi connectivity index (χ1) is 15.1. The molecule has 4 fully saturated rings. The molecular formula is C23H21ClN2O4S2. The number of halogens is 1. The number of aromatic nitrogens is 1. The fraction of sp³-hybridized carbons (Fsp3) is 0.391. The number of hydrogen-bond acceptors (Lipinski definition) is 6. The number of amides is 1. The van der Waals surface area contributed by atoms with Gasteiger partial charge in [-0.25, -0.2) is 13.4 Å². The third-order valence-electron chi connectivity index (χ3n) is 7.20. The van der Waals surface area contributed by atoms with Crippen LogP contribution in [0.15, 0.2) is 46.2 Å². The van der Waals surface area contributed by atoms with Crippen LogP contribution in [0.25, 0.3) is 11.3 Å². The molecule has 0 spiro atoms. The summed E-state index contributed by atoms with van der Waals surface area (Å²) in [6, 6.07) is 10.9. The highest BCUT2D eigenvalue weighted by Crippen LogP contribution is 2.68. The first kappa shape index (κ1) is 20.4. The molecule has 2 bridgehead atoms. The molecule has 4 aliphatic carbocycles. The van der Waals surface area contributed by atoms with Gasteiger partial charge in [0.05, 0.1) is 10.7 Å². The Bertz CT molecular complexity index is 1330. The van der Waals surface area contributed by atoms with Crippen molar-refractivity contribution in [2.75, 3.05) is 6.26 Å². The molecule has 1 amide bonds. The number of benzene rings is 1. The Balaban J connectivity index is 1.12. The number of nitrogens with zero attached hydrogens (tertiary/aromatic N) is 1. The summed E-state index contributed by atoms with van der Waals surface area (Å²) in [4.78, 5) is 17.6. The molecule has 166 valence electrons. The SMILES string of the molecule is CS(=O)(=O)C1(c2ccc(C(=O)NC34CC(c5nc(-c6ccc(Cl)cc6)cs5)(C3)C4)o2)CC1. The van der Waals surface area contributed by atoms with Crippen molar-refractivity contribution in [3.63, 3.8) is 0 Å². The lowest BCUT2D eigenvalue weighted by molar-refractivity contribution is -0.0812. The van der Waals surface area contributed by atoms with Crippen LogP contribution in [0, 0.1) is 0 Å². The van der Waals surface area contributed by atoms with E-state index in [1.54, 1.807) is 23.5 Å². The normalized spacial score (nSPS) is 27.3. The molecule has 0 atom stereocenters.